The van der Waals surface area contributed by atoms with Crippen LogP contribution in [0.2, 0.25) is 0 Å². The minimum Gasteiger partial charge on any atom is -0.493 e. The van der Waals surface area contributed by atoms with Gasteiger partial charge in [0, 0.05) is 6.04 Å². The van der Waals surface area contributed by atoms with Crippen LogP contribution in [-0.2, 0) is 0 Å². The molecule has 1 atom stereocenters. The Morgan fingerprint density at radius 1 is 1.24 bits per heavy atom. The van der Waals surface area contributed by atoms with E-state index in [1.165, 1.54) is 18.4 Å². The van der Waals surface area contributed by atoms with Crippen LogP contribution in [0.1, 0.15) is 38.7 Å². The van der Waals surface area contributed by atoms with Gasteiger partial charge in [0.2, 0.25) is 0 Å². The van der Waals surface area contributed by atoms with Crippen LogP contribution in [0.5, 0.6) is 5.75 Å². The maximum atomic E-state index is 5.78. The van der Waals surface area contributed by atoms with Gasteiger partial charge in [0.05, 0.1) is 6.61 Å². The van der Waals surface area contributed by atoms with E-state index in [1.807, 2.05) is 18.2 Å². The molecule has 1 rings (SSSR count). The number of hydrogen-bond donors (Lipinski definition) is 1. The normalized spacial score (nSPS) is 12.4. The lowest BCUT2D eigenvalue weighted by Gasteiger charge is -2.16. The van der Waals surface area contributed by atoms with E-state index in [2.05, 4.69) is 32.2 Å². The first-order valence-electron chi connectivity index (χ1n) is 6.69. The van der Waals surface area contributed by atoms with Gasteiger partial charge in [-0.25, -0.2) is 0 Å². The van der Waals surface area contributed by atoms with Gasteiger partial charge >= 0.3 is 0 Å². The molecule has 1 unspecified atom stereocenters. The first-order chi connectivity index (χ1) is 8.27. The zero-order chi connectivity index (χ0) is 12.5. The van der Waals surface area contributed by atoms with Gasteiger partial charge in [-0.1, -0.05) is 32.0 Å². The number of ether oxygens (including phenoxy) is 1. The van der Waals surface area contributed by atoms with Crippen LogP contribution in [0.25, 0.3) is 0 Å². The highest BCUT2D eigenvalue weighted by molar-refractivity contribution is 5.31. The van der Waals surface area contributed by atoms with E-state index in [1.54, 1.807) is 0 Å². The molecule has 2 heteroatoms. The topological polar surface area (TPSA) is 21.3 Å². The summed E-state index contributed by atoms with van der Waals surface area (Å²) in [5.74, 6) is 1.02. The SMILES string of the molecule is CCNC(CC)CCCOc1ccccc1C. The van der Waals surface area contributed by atoms with Gasteiger partial charge in [0.15, 0.2) is 0 Å². The molecular weight excluding hydrogens is 210 g/mol. The van der Waals surface area contributed by atoms with Crippen molar-refractivity contribution in [2.45, 2.75) is 46.1 Å². The molecule has 0 spiro atoms. The number of rotatable bonds is 8. The lowest BCUT2D eigenvalue weighted by Crippen LogP contribution is -2.28. The molecule has 0 aliphatic heterocycles. The Kier molecular flexibility index (Phi) is 6.71. The van der Waals surface area contributed by atoms with Crippen molar-refractivity contribution >= 4 is 0 Å². The van der Waals surface area contributed by atoms with Crippen molar-refractivity contribution in [2.24, 2.45) is 0 Å². The zero-order valence-corrected chi connectivity index (χ0v) is 11.3. The summed E-state index contributed by atoms with van der Waals surface area (Å²) in [6, 6.07) is 8.83. The quantitative estimate of drug-likeness (QED) is 0.696. The first kappa shape index (κ1) is 14.0. The number of benzene rings is 1. The Bertz CT molecular complexity index is 312. The molecule has 1 N–H and O–H groups in total. The molecule has 0 aliphatic carbocycles. The number of hydrogen-bond acceptors (Lipinski definition) is 2. The Morgan fingerprint density at radius 2 is 2.00 bits per heavy atom. The van der Waals surface area contributed by atoms with E-state index in [0.717, 1.165) is 25.3 Å². The summed E-state index contributed by atoms with van der Waals surface area (Å²) in [4.78, 5) is 0. The summed E-state index contributed by atoms with van der Waals surface area (Å²) < 4.78 is 5.78. The third-order valence-corrected chi connectivity index (χ3v) is 3.03. The first-order valence-corrected chi connectivity index (χ1v) is 6.69. The van der Waals surface area contributed by atoms with Gasteiger partial charge in [-0.3, -0.25) is 0 Å². The third kappa shape index (κ3) is 5.22. The lowest BCUT2D eigenvalue weighted by atomic mass is 10.1. The Labute approximate surface area is 105 Å². The second-order valence-electron chi connectivity index (χ2n) is 4.42. The predicted octanol–water partition coefficient (Wildman–Crippen LogP) is 3.54. The number of para-hydroxylation sites is 1. The van der Waals surface area contributed by atoms with Gasteiger partial charge in [-0.15, -0.1) is 0 Å². The molecular formula is C15H25NO. The zero-order valence-electron chi connectivity index (χ0n) is 11.3. The fraction of sp³-hybridized carbons (Fsp3) is 0.600. The largest absolute Gasteiger partial charge is 0.493 e. The standard InChI is InChI=1S/C15H25NO/c1-4-14(16-5-2)10-8-12-17-15-11-7-6-9-13(15)3/h6-7,9,11,14,16H,4-5,8,10,12H2,1-3H3. The predicted molar refractivity (Wildman–Crippen MR) is 73.7 cm³/mol. The van der Waals surface area contributed by atoms with Crippen LogP contribution in [-0.4, -0.2) is 19.2 Å². The fourth-order valence-electron chi connectivity index (χ4n) is 1.97. The van der Waals surface area contributed by atoms with Gasteiger partial charge < -0.3 is 10.1 Å². The van der Waals surface area contributed by atoms with E-state index in [-0.39, 0.29) is 0 Å². The van der Waals surface area contributed by atoms with Crippen molar-refractivity contribution in [1.29, 1.82) is 0 Å². The summed E-state index contributed by atoms with van der Waals surface area (Å²) in [7, 11) is 0. The van der Waals surface area contributed by atoms with Crippen LogP contribution in [0.15, 0.2) is 24.3 Å². The van der Waals surface area contributed by atoms with Crippen molar-refractivity contribution < 1.29 is 4.74 Å². The van der Waals surface area contributed by atoms with Crippen LogP contribution >= 0.6 is 0 Å². The summed E-state index contributed by atoms with van der Waals surface area (Å²) >= 11 is 0. The molecule has 0 aromatic heterocycles. The summed E-state index contributed by atoms with van der Waals surface area (Å²) in [5, 5.41) is 3.49. The molecule has 1 aromatic rings. The molecule has 0 radical (unpaired) electrons. The highest BCUT2D eigenvalue weighted by Crippen LogP contribution is 2.16. The van der Waals surface area contributed by atoms with Crippen molar-refractivity contribution in [3.8, 4) is 5.75 Å². The van der Waals surface area contributed by atoms with Crippen LogP contribution in [0, 0.1) is 6.92 Å². The molecule has 0 saturated heterocycles. The van der Waals surface area contributed by atoms with Crippen molar-refractivity contribution in [3.63, 3.8) is 0 Å². The molecule has 1 aromatic carbocycles. The van der Waals surface area contributed by atoms with Crippen LogP contribution < -0.4 is 10.1 Å². The van der Waals surface area contributed by atoms with Crippen LogP contribution in [0.3, 0.4) is 0 Å². The van der Waals surface area contributed by atoms with Gasteiger partial charge in [0.25, 0.3) is 0 Å². The van der Waals surface area contributed by atoms with Crippen LogP contribution in [0.4, 0.5) is 0 Å². The smallest absolute Gasteiger partial charge is 0.122 e. The number of nitrogens with one attached hydrogen (secondary N) is 1. The van der Waals surface area contributed by atoms with Crippen molar-refractivity contribution in [3.05, 3.63) is 29.8 Å². The van der Waals surface area contributed by atoms with Crippen molar-refractivity contribution in [2.75, 3.05) is 13.2 Å². The summed E-state index contributed by atoms with van der Waals surface area (Å²) in [6.45, 7) is 8.34. The van der Waals surface area contributed by atoms with Crippen molar-refractivity contribution in [1.82, 2.24) is 5.32 Å². The second kappa shape index (κ2) is 8.13. The Morgan fingerprint density at radius 3 is 2.65 bits per heavy atom. The van der Waals surface area contributed by atoms with Gasteiger partial charge in [-0.2, -0.15) is 0 Å². The molecule has 0 heterocycles. The minimum atomic E-state index is 0.639. The molecule has 2 nitrogen and oxygen atoms in total. The van der Waals surface area contributed by atoms with E-state index in [0.29, 0.717) is 6.04 Å². The van der Waals surface area contributed by atoms with Gasteiger partial charge in [0.1, 0.15) is 5.75 Å². The Balaban J connectivity index is 2.22. The van der Waals surface area contributed by atoms with E-state index < -0.39 is 0 Å². The highest BCUT2D eigenvalue weighted by atomic mass is 16.5. The molecule has 0 fully saturated rings. The molecule has 0 aliphatic rings. The summed E-state index contributed by atoms with van der Waals surface area (Å²) in [6.07, 6.45) is 3.49. The average Bonchev–Trinajstić information content (AvgIpc) is 2.35. The molecule has 0 saturated carbocycles. The van der Waals surface area contributed by atoms with E-state index in [9.17, 15) is 0 Å². The maximum absolute atomic E-state index is 5.78. The van der Waals surface area contributed by atoms with E-state index >= 15 is 0 Å². The maximum Gasteiger partial charge on any atom is 0.122 e. The summed E-state index contributed by atoms with van der Waals surface area (Å²) in [5.41, 5.74) is 1.21. The second-order valence-corrected chi connectivity index (χ2v) is 4.42. The Hall–Kier alpha value is -1.02. The van der Waals surface area contributed by atoms with Gasteiger partial charge in [-0.05, 0) is 44.4 Å². The molecule has 96 valence electrons. The lowest BCUT2D eigenvalue weighted by molar-refractivity contribution is 0.293. The molecule has 0 bridgehead atoms. The number of aryl methyl sites for hydroxylation is 1. The minimum absolute atomic E-state index is 0.639. The third-order valence-electron chi connectivity index (χ3n) is 3.03. The average molecular weight is 235 g/mol. The molecule has 0 amide bonds. The monoisotopic (exact) mass is 235 g/mol. The van der Waals surface area contributed by atoms with E-state index in [4.69, 9.17) is 4.74 Å². The fourth-order valence-corrected chi connectivity index (χ4v) is 1.97. The molecule has 17 heavy (non-hydrogen) atoms. The highest BCUT2D eigenvalue weighted by Gasteiger charge is 2.04.